The highest BCUT2D eigenvalue weighted by Crippen LogP contribution is 2.35. The Bertz CT molecular complexity index is 788. The number of rotatable bonds is 3. The molecule has 0 fully saturated rings. The van der Waals surface area contributed by atoms with Crippen molar-refractivity contribution in [3.05, 3.63) is 36.8 Å². The van der Waals surface area contributed by atoms with Crippen molar-refractivity contribution in [2.24, 2.45) is 0 Å². The third kappa shape index (κ3) is 3.36. The maximum absolute atomic E-state index is 12.4. The van der Waals surface area contributed by atoms with Crippen molar-refractivity contribution in [2.45, 2.75) is 32.9 Å². The fraction of sp³-hybridized carbons (Fsp3) is 0.375. The van der Waals surface area contributed by atoms with Gasteiger partial charge in [0.05, 0.1) is 31.7 Å². The summed E-state index contributed by atoms with van der Waals surface area (Å²) in [5.74, 6) is -0.149. The molecule has 2 N–H and O–H groups in total. The molecule has 1 aliphatic heterocycles. The van der Waals surface area contributed by atoms with E-state index in [1.54, 1.807) is 17.4 Å². The summed E-state index contributed by atoms with van der Waals surface area (Å²) in [5, 5.41) is 13.1. The zero-order valence-corrected chi connectivity index (χ0v) is 16.1. The van der Waals surface area contributed by atoms with Gasteiger partial charge in [0.15, 0.2) is 0 Å². The van der Waals surface area contributed by atoms with Gasteiger partial charge in [-0.15, -0.1) is 22.7 Å². The molecule has 1 aliphatic rings. The number of carbonyl (C=O) groups excluding carboxylic acids is 1. The lowest BCUT2D eigenvalue weighted by molar-refractivity contribution is -0.936. The topological polar surface area (TPSA) is 57.3 Å². The van der Waals surface area contributed by atoms with Gasteiger partial charge in [0, 0.05) is 6.42 Å². The van der Waals surface area contributed by atoms with Crippen LogP contribution in [0.1, 0.15) is 39.5 Å². The first kappa shape index (κ1) is 16.7. The van der Waals surface area contributed by atoms with E-state index in [0.29, 0.717) is 21.5 Å². The fourth-order valence-electron chi connectivity index (χ4n) is 2.80. The number of amides is 1. The van der Waals surface area contributed by atoms with Gasteiger partial charge in [-0.2, -0.15) is 5.26 Å². The van der Waals surface area contributed by atoms with E-state index in [9.17, 15) is 10.1 Å². The Morgan fingerprint density at radius 1 is 1.43 bits per heavy atom. The average molecular weight is 411 g/mol. The largest absolute Gasteiger partial charge is 0.328 e. The normalized spacial score (nSPS) is 16.9. The van der Waals surface area contributed by atoms with E-state index in [1.807, 2.05) is 6.07 Å². The maximum Gasteiger partial charge on any atom is 0.266 e. The van der Waals surface area contributed by atoms with Crippen molar-refractivity contribution in [1.29, 1.82) is 5.26 Å². The SMILES string of the molecule is CC(C)[NH+]1CCc2c(sc(NC(=O)c3ccc(Br)s3)c2C#N)C1. The second-order valence-electron chi connectivity index (χ2n) is 5.87. The van der Waals surface area contributed by atoms with Gasteiger partial charge >= 0.3 is 0 Å². The average Bonchev–Trinajstić information content (AvgIpc) is 3.09. The Morgan fingerprint density at radius 3 is 2.83 bits per heavy atom. The minimum Gasteiger partial charge on any atom is -0.328 e. The highest BCUT2D eigenvalue weighted by atomic mass is 79.9. The van der Waals surface area contributed by atoms with Crippen LogP contribution < -0.4 is 10.2 Å². The molecule has 120 valence electrons. The number of thiophene rings is 2. The van der Waals surface area contributed by atoms with Gasteiger partial charge in [-0.1, -0.05) is 0 Å². The minimum atomic E-state index is -0.149. The monoisotopic (exact) mass is 410 g/mol. The molecule has 0 aromatic carbocycles. The van der Waals surface area contributed by atoms with Gasteiger partial charge in [0.2, 0.25) is 0 Å². The van der Waals surface area contributed by atoms with Gasteiger partial charge in [-0.25, -0.2) is 0 Å². The molecular weight excluding hydrogens is 394 g/mol. The van der Waals surface area contributed by atoms with Gasteiger partial charge in [-0.3, -0.25) is 4.79 Å². The fourth-order valence-corrected chi connectivity index (χ4v) is 5.33. The van der Waals surface area contributed by atoms with E-state index >= 15 is 0 Å². The molecule has 2 aromatic rings. The molecule has 7 heteroatoms. The van der Waals surface area contributed by atoms with Crippen molar-refractivity contribution in [3.63, 3.8) is 0 Å². The molecule has 0 saturated carbocycles. The Hall–Kier alpha value is -1.20. The highest BCUT2D eigenvalue weighted by Gasteiger charge is 2.28. The number of hydrogen-bond acceptors (Lipinski definition) is 4. The predicted molar refractivity (Wildman–Crippen MR) is 97.4 cm³/mol. The third-order valence-corrected chi connectivity index (χ3v) is 6.90. The second-order valence-corrected chi connectivity index (χ2v) is 9.44. The Labute approximate surface area is 151 Å². The van der Waals surface area contributed by atoms with Crippen molar-refractivity contribution in [1.82, 2.24) is 0 Å². The van der Waals surface area contributed by atoms with Crippen molar-refractivity contribution in [2.75, 3.05) is 11.9 Å². The molecule has 1 amide bonds. The second kappa shape index (κ2) is 6.73. The summed E-state index contributed by atoms with van der Waals surface area (Å²) in [4.78, 5) is 15.8. The molecule has 3 heterocycles. The van der Waals surface area contributed by atoms with Crippen LogP contribution in [0.15, 0.2) is 15.9 Å². The van der Waals surface area contributed by atoms with Crippen molar-refractivity contribution in [3.8, 4) is 6.07 Å². The van der Waals surface area contributed by atoms with Gasteiger partial charge in [0.1, 0.15) is 17.6 Å². The number of quaternary nitrogens is 1. The van der Waals surface area contributed by atoms with Gasteiger partial charge in [0.25, 0.3) is 5.91 Å². The van der Waals surface area contributed by atoms with Crippen LogP contribution in [0.4, 0.5) is 5.00 Å². The molecule has 0 radical (unpaired) electrons. The molecule has 23 heavy (non-hydrogen) atoms. The van der Waals surface area contributed by atoms with Crippen LogP contribution in [-0.2, 0) is 13.0 Å². The van der Waals surface area contributed by atoms with Crippen LogP contribution in [-0.4, -0.2) is 18.5 Å². The summed E-state index contributed by atoms with van der Waals surface area (Å²) in [6.07, 6.45) is 0.905. The lowest BCUT2D eigenvalue weighted by Crippen LogP contribution is -3.14. The summed E-state index contributed by atoms with van der Waals surface area (Å²) in [6, 6.07) is 6.50. The summed E-state index contributed by atoms with van der Waals surface area (Å²) >= 11 is 6.31. The molecule has 3 rings (SSSR count). The van der Waals surface area contributed by atoms with Crippen LogP contribution in [0.5, 0.6) is 0 Å². The molecule has 1 atom stereocenters. The molecule has 0 spiro atoms. The Balaban J connectivity index is 1.86. The van der Waals surface area contributed by atoms with Crippen LogP contribution in [0.25, 0.3) is 0 Å². The van der Waals surface area contributed by atoms with Crippen LogP contribution in [0.2, 0.25) is 0 Å². The molecule has 0 saturated heterocycles. The van der Waals surface area contributed by atoms with Gasteiger partial charge in [-0.05, 0) is 47.5 Å². The zero-order chi connectivity index (χ0) is 16.6. The van der Waals surface area contributed by atoms with E-state index in [-0.39, 0.29) is 5.91 Å². The van der Waals surface area contributed by atoms with Gasteiger partial charge < -0.3 is 10.2 Å². The molecular formula is C16H17BrN3OS2+. The minimum absolute atomic E-state index is 0.149. The van der Waals surface area contributed by atoms with E-state index in [0.717, 1.165) is 28.9 Å². The first-order valence-electron chi connectivity index (χ1n) is 7.45. The number of hydrogen-bond donors (Lipinski definition) is 2. The summed E-state index contributed by atoms with van der Waals surface area (Å²) in [6.45, 7) is 6.42. The molecule has 1 unspecified atom stereocenters. The van der Waals surface area contributed by atoms with Crippen LogP contribution in [0, 0.1) is 11.3 Å². The number of anilines is 1. The Morgan fingerprint density at radius 2 is 2.22 bits per heavy atom. The molecule has 0 aliphatic carbocycles. The Kier molecular flexibility index (Phi) is 4.87. The number of nitriles is 1. The lowest BCUT2D eigenvalue weighted by atomic mass is 10.0. The lowest BCUT2D eigenvalue weighted by Gasteiger charge is -2.27. The summed E-state index contributed by atoms with van der Waals surface area (Å²) in [7, 11) is 0. The number of nitrogens with zero attached hydrogens (tertiary/aromatic N) is 1. The maximum atomic E-state index is 12.4. The highest BCUT2D eigenvalue weighted by molar-refractivity contribution is 9.11. The first-order valence-corrected chi connectivity index (χ1v) is 9.88. The van der Waals surface area contributed by atoms with E-state index in [1.165, 1.54) is 21.1 Å². The van der Waals surface area contributed by atoms with Crippen LogP contribution >= 0.6 is 38.6 Å². The number of nitrogens with one attached hydrogen (secondary N) is 2. The van der Waals surface area contributed by atoms with E-state index in [4.69, 9.17) is 0 Å². The molecule has 2 aromatic heterocycles. The molecule has 0 bridgehead atoms. The molecule has 4 nitrogen and oxygen atoms in total. The smallest absolute Gasteiger partial charge is 0.266 e. The van der Waals surface area contributed by atoms with E-state index in [2.05, 4.69) is 41.2 Å². The van der Waals surface area contributed by atoms with E-state index < -0.39 is 0 Å². The van der Waals surface area contributed by atoms with Crippen molar-refractivity contribution < 1.29 is 9.69 Å². The number of fused-ring (bicyclic) bond motifs is 1. The number of carbonyl (C=O) groups is 1. The van der Waals surface area contributed by atoms with Crippen LogP contribution in [0.3, 0.4) is 0 Å². The zero-order valence-electron chi connectivity index (χ0n) is 12.9. The third-order valence-electron chi connectivity index (χ3n) is 4.13. The summed E-state index contributed by atoms with van der Waals surface area (Å²) in [5.41, 5.74) is 1.78. The first-order chi connectivity index (χ1) is 11.0. The van der Waals surface area contributed by atoms with Crippen molar-refractivity contribution >= 4 is 49.5 Å². The standard InChI is InChI=1S/C16H16BrN3OS2/c1-9(2)20-6-5-10-11(7-18)16(23-13(10)8-20)19-15(21)12-3-4-14(17)22-12/h3-4,9H,5-6,8H2,1-2H3,(H,19,21)/p+1. The quantitative estimate of drug-likeness (QED) is 0.816. The summed E-state index contributed by atoms with van der Waals surface area (Å²) < 4.78 is 0.921. The number of halogens is 1. The predicted octanol–water partition coefficient (Wildman–Crippen LogP) is 3.05.